The first-order valence-corrected chi connectivity index (χ1v) is 7.37. The first kappa shape index (κ1) is 13.3. The van der Waals surface area contributed by atoms with Gasteiger partial charge in [-0.3, -0.25) is 0 Å². The number of hydrogen-bond acceptors (Lipinski definition) is 3. The van der Waals surface area contributed by atoms with Gasteiger partial charge in [0.05, 0.1) is 12.4 Å². The summed E-state index contributed by atoms with van der Waals surface area (Å²) in [6.45, 7) is 3.91. The third kappa shape index (κ3) is 5.37. The summed E-state index contributed by atoms with van der Waals surface area (Å²) in [6, 6.07) is 9.26. The Morgan fingerprint density at radius 3 is 2.31 bits per heavy atom. The van der Waals surface area contributed by atoms with Crippen LogP contribution in [0, 0.1) is 5.41 Å². The lowest BCUT2D eigenvalue weighted by Gasteiger charge is -2.22. The average Bonchev–Trinajstić information content (AvgIpc) is 2.13. The zero-order valence-corrected chi connectivity index (χ0v) is 10.9. The van der Waals surface area contributed by atoms with E-state index in [1.807, 2.05) is 30.3 Å². The fourth-order valence-electron chi connectivity index (χ4n) is 1.30. The van der Waals surface area contributed by atoms with E-state index in [1.54, 1.807) is 13.8 Å². The smallest absolute Gasteiger partial charge is 0.233 e. The molecule has 90 valence electrons. The van der Waals surface area contributed by atoms with Crippen molar-refractivity contribution in [1.82, 2.24) is 0 Å². The molecular weight excluding hydrogens is 248 g/mol. The average molecular weight is 263 g/mol. The normalized spacial score (nSPS) is 12.4. The van der Waals surface area contributed by atoms with E-state index in [1.165, 1.54) is 0 Å². The molecule has 0 aromatic heterocycles. The van der Waals surface area contributed by atoms with Crippen molar-refractivity contribution >= 4 is 19.7 Å². The number of rotatable bonds is 5. The van der Waals surface area contributed by atoms with E-state index in [9.17, 15) is 8.42 Å². The highest BCUT2D eigenvalue weighted by Crippen LogP contribution is 2.22. The summed E-state index contributed by atoms with van der Waals surface area (Å²) in [5.41, 5.74) is -0.504. The van der Waals surface area contributed by atoms with E-state index in [0.29, 0.717) is 6.61 Å². The maximum Gasteiger partial charge on any atom is 0.233 e. The summed E-state index contributed by atoms with van der Waals surface area (Å²) in [4.78, 5) is 0. The van der Waals surface area contributed by atoms with Gasteiger partial charge < -0.3 is 4.74 Å². The summed E-state index contributed by atoms with van der Waals surface area (Å²) in [5.74, 6) is 0.622. The minimum Gasteiger partial charge on any atom is -0.493 e. The number of para-hydroxylation sites is 1. The van der Waals surface area contributed by atoms with Crippen molar-refractivity contribution < 1.29 is 13.2 Å². The Morgan fingerprint density at radius 2 is 1.81 bits per heavy atom. The van der Waals surface area contributed by atoms with Crippen molar-refractivity contribution in [3.63, 3.8) is 0 Å². The largest absolute Gasteiger partial charge is 0.493 e. The highest BCUT2D eigenvalue weighted by atomic mass is 35.7. The summed E-state index contributed by atoms with van der Waals surface area (Å²) >= 11 is 0. The Balaban J connectivity index is 2.55. The van der Waals surface area contributed by atoms with E-state index in [4.69, 9.17) is 15.4 Å². The maximum absolute atomic E-state index is 11.0. The Kier molecular flexibility index (Phi) is 4.21. The predicted molar refractivity (Wildman–Crippen MR) is 65.4 cm³/mol. The molecule has 0 N–H and O–H groups in total. The van der Waals surface area contributed by atoms with Gasteiger partial charge in [0, 0.05) is 16.1 Å². The molecule has 0 fully saturated rings. The minimum absolute atomic E-state index is 0.103. The molecule has 1 aromatic rings. The van der Waals surface area contributed by atoms with Crippen LogP contribution in [-0.2, 0) is 9.05 Å². The zero-order valence-electron chi connectivity index (χ0n) is 9.31. The van der Waals surface area contributed by atoms with Gasteiger partial charge in [-0.15, -0.1) is 0 Å². The molecule has 1 rings (SSSR count). The monoisotopic (exact) mass is 262 g/mol. The van der Waals surface area contributed by atoms with E-state index in [0.717, 1.165) is 5.75 Å². The minimum atomic E-state index is -3.49. The topological polar surface area (TPSA) is 43.4 Å². The summed E-state index contributed by atoms with van der Waals surface area (Å²) in [5, 5.41) is 0. The molecule has 0 atom stereocenters. The third-order valence-corrected chi connectivity index (χ3v) is 3.39. The molecule has 0 amide bonds. The van der Waals surface area contributed by atoms with Crippen molar-refractivity contribution in [3.05, 3.63) is 30.3 Å². The summed E-state index contributed by atoms with van der Waals surface area (Å²) < 4.78 is 27.4. The summed E-state index contributed by atoms with van der Waals surface area (Å²) in [6.07, 6.45) is 0. The Labute approximate surface area is 101 Å². The number of halogens is 1. The molecule has 0 aliphatic carbocycles. The number of benzene rings is 1. The van der Waals surface area contributed by atoms with Gasteiger partial charge in [0.1, 0.15) is 5.75 Å². The van der Waals surface area contributed by atoms with Gasteiger partial charge in [0.2, 0.25) is 9.05 Å². The molecule has 0 saturated carbocycles. The molecule has 0 saturated heterocycles. The lowest BCUT2D eigenvalue weighted by molar-refractivity contribution is 0.200. The van der Waals surface area contributed by atoms with Crippen molar-refractivity contribution in [1.29, 1.82) is 0 Å². The van der Waals surface area contributed by atoms with Gasteiger partial charge in [-0.25, -0.2) is 8.42 Å². The molecule has 0 aliphatic rings. The third-order valence-electron chi connectivity index (χ3n) is 1.94. The van der Waals surface area contributed by atoms with Crippen molar-refractivity contribution in [2.75, 3.05) is 12.4 Å². The van der Waals surface area contributed by atoms with Gasteiger partial charge in [0.15, 0.2) is 0 Å². The van der Waals surface area contributed by atoms with Gasteiger partial charge in [-0.05, 0) is 12.1 Å². The first-order chi connectivity index (χ1) is 7.29. The fraction of sp³-hybridized carbons (Fsp3) is 0.455. The molecule has 16 heavy (non-hydrogen) atoms. The van der Waals surface area contributed by atoms with Crippen LogP contribution in [0.5, 0.6) is 5.75 Å². The zero-order chi connectivity index (χ0) is 12.2. The van der Waals surface area contributed by atoms with Crippen molar-refractivity contribution in [2.24, 2.45) is 5.41 Å². The molecule has 0 heterocycles. The quantitative estimate of drug-likeness (QED) is 0.767. The second-order valence-corrected chi connectivity index (χ2v) is 7.23. The molecule has 1 aromatic carbocycles. The molecule has 5 heteroatoms. The Morgan fingerprint density at radius 1 is 1.25 bits per heavy atom. The van der Waals surface area contributed by atoms with E-state index < -0.39 is 14.5 Å². The number of ether oxygens (including phenoxy) is 1. The van der Waals surface area contributed by atoms with Crippen LogP contribution in [0.2, 0.25) is 0 Å². The van der Waals surface area contributed by atoms with Crippen LogP contribution in [0.25, 0.3) is 0 Å². The van der Waals surface area contributed by atoms with Crippen LogP contribution in [0.1, 0.15) is 13.8 Å². The van der Waals surface area contributed by atoms with Crippen LogP contribution in [-0.4, -0.2) is 20.8 Å². The van der Waals surface area contributed by atoms with Crippen LogP contribution < -0.4 is 4.74 Å². The Bertz CT molecular complexity index is 426. The second kappa shape index (κ2) is 5.06. The van der Waals surface area contributed by atoms with Gasteiger partial charge >= 0.3 is 0 Å². The predicted octanol–water partition coefficient (Wildman–Crippen LogP) is 2.66. The van der Waals surface area contributed by atoms with Crippen molar-refractivity contribution in [3.8, 4) is 5.75 Å². The summed E-state index contributed by atoms with van der Waals surface area (Å²) in [7, 11) is 1.72. The highest BCUT2D eigenvalue weighted by molar-refractivity contribution is 8.13. The SMILES string of the molecule is CC(C)(COc1ccccc1)CS(=O)(=O)Cl. The van der Waals surface area contributed by atoms with Gasteiger partial charge in [-0.1, -0.05) is 32.0 Å². The lowest BCUT2D eigenvalue weighted by Crippen LogP contribution is -2.28. The molecule has 3 nitrogen and oxygen atoms in total. The molecule has 0 radical (unpaired) electrons. The van der Waals surface area contributed by atoms with Crippen LogP contribution in [0.4, 0.5) is 0 Å². The molecule has 0 spiro atoms. The standard InChI is InChI=1S/C11H15ClO3S/c1-11(2,9-16(12,13)14)8-15-10-6-4-3-5-7-10/h3-7H,8-9H2,1-2H3. The van der Waals surface area contributed by atoms with Crippen LogP contribution in [0.3, 0.4) is 0 Å². The molecule has 0 bridgehead atoms. The lowest BCUT2D eigenvalue weighted by atomic mass is 9.98. The molecule has 0 aliphatic heterocycles. The molecular formula is C11H15ClO3S. The van der Waals surface area contributed by atoms with E-state index >= 15 is 0 Å². The molecule has 0 unspecified atom stereocenters. The maximum atomic E-state index is 11.0. The van der Waals surface area contributed by atoms with Crippen molar-refractivity contribution in [2.45, 2.75) is 13.8 Å². The Hall–Kier alpha value is -0.740. The second-order valence-electron chi connectivity index (χ2n) is 4.45. The van der Waals surface area contributed by atoms with E-state index in [2.05, 4.69) is 0 Å². The van der Waals surface area contributed by atoms with Crippen LogP contribution >= 0.6 is 10.7 Å². The number of hydrogen-bond donors (Lipinski definition) is 0. The van der Waals surface area contributed by atoms with Gasteiger partial charge in [0.25, 0.3) is 0 Å². The van der Waals surface area contributed by atoms with Gasteiger partial charge in [-0.2, -0.15) is 0 Å². The van der Waals surface area contributed by atoms with Crippen LogP contribution in [0.15, 0.2) is 30.3 Å². The highest BCUT2D eigenvalue weighted by Gasteiger charge is 2.25. The van der Waals surface area contributed by atoms with E-state index in [-0.39, 0.29) is 5.75 Å². The first-order valence-electron chi connectivity index (χ1n) is 4.89. The fourth-order valence-corrected chi connectivity index (χ4v) is 3.21.